The van der Waals surface area contributed by atoms with Crippen LogP contribution in [0.2, 0.25) is 0 Å². The minimum absolute atomic E-state index is 0.130. The third-order valence-electron chi connectivity index (χ3n) is 4.44. The summed E-state index contributed by atoms with van der Waals surface area (Å²) in [6, 6.07) is 16.2. The molecule has 1 saturated heterocycles. The maximum atomic E-state index is 12.8. The van der Waals surface area contributed by atoms with Crippen LogP contribution in [0.1, 0.15) is 18.9 Å². The highest BCUT2D eigenvalue weighted by Gasteiger charge is 2.29. The van der Waals surface area contributed by atoms with Crippen LogP contribution >= 0.6 is 0 Å². The molecule has 0 aliphatic carbocycles. The average Bonchev–Trinajstić information content (AvgIpc) is 2.67. The fourth-order valence-corrected chi connectivity index (χ4v) is 4.56. The van der Waals surface area contributed by atoms with E-state index in [9.17, 15) is 13.2 Å². The highest BCUT2D eigenvalue weighted by molar-refractivity contribution is 7.89. The molecule has 1 unspecified atom stereocenters. The first-order valence-corrected chi connectivity index (χ1v) is 10.4. The van der Waals surface area contributed by atoms with Crippen molar-refractivity contribution >= 4 is 21.6 Å². The molecular weight excluding hydrogens is 364 g/mol. The molecule has 2 aromatic rings. The van der Waals surface area contributed by atoms with Gasteiger partial charge in [-0.05, 0) is 37.1 Å². The van der Waals surface area contributed by atoms with Gasteiger partial charge in [-0.25, -0.2) is 8.42 Å². The minimum atomic E-state index is -3.61. The van der Waals surface area contributed by atoms with Gasteiger partial charge in [0.1, 0.15) is 0 Å². The summed E-state index contributed by atoms with van der Waals surface area (Å²) in [7, 11) is -3.61. The highest BCUT2D eigenvalue weighted by Crippen LogP contribution is 2.22. The molecular formula is C20H24N2O4S. The van der Waals surface area contributed by atoms with Crippen molar-refractivity contribution in [2.24, 2.45) is 0 Å². The highest BCUT2D eigenvalue weighted by atomic mass is 32.2. The van der Waals surface area contributed by atoms with Gasteiger partial charge in [0.15, 0.2) is 0 Å². The van der Waals surface area contributed by atoms with Crippen molar-refractivity contribution in [3.05, 3.63) is 60.2 Å². The maximum absolute atomic E-state index is 12.8. The molecule has 27 heavy (non-hydrogen) atoms. The van der Waals surface area contributed by atoms with Crippen LogP contribution in [0.15, 0.2) is 59.5 Å². The molecule has 3 rings (SSSR count). The number of ether oxygens (including phenoxy) is 1. The van der Waals surface area contributed by atoms with Gasteiger partial charge in [-0.15, -0.1) is 0 Å². The second-order valence-electron chi connectivity index (χ2n) is 6.61. The lowest BCUT2D eigenvalue weighted by Crippen LogP contribution is -2.44. The van der Waals surface area contributed by atoms with Crippen molar-refractivity contribution in [3.8, 4) is 0 Å². The van der Waals surface area contributed by atoms with E-state index < -0.39 is 10.0 Å². The van der Waals surface area contributed by atoms with E-state index in [-0.39, 0.29) is 16.9 Å². The predicted octanol–water partition coefficient (Wildman–Crippen LogP) is 2.67. The summed E-state index contributed by atoms with van der Waals surface area (Å²) in [4.78, 5) is 12.4. The lowest BCUT2D eigenvalue weighted by molar-refractivity contribution is -0.116. The number of carbonyl (C=O) groups is 1. The number of morpholine rings is 1. The third kappa shape index (κ3) is 5.15. The van der Waals surface area contributed by atoms with Crippen LogP contribution in [0.5, 0.6) is 0 Å². The van der Waals surface area contributed by atoms with Gasteiger partial charge >= 0.3 is 0 Å². The van der Waals surface area contributed by atoms with E-state index >= 15 is 0 Å². The van der Waals surface area contributed by atoms with E-state index in [1.54, 1.807) is 18.2 Å². The van der Waals surface area contributed by atoms with Crippen molar-refractivity contribution in [2.75, 3.05) is 25.0 Å². The first-order chi connectivity index (χ1) is 12.9. The summed E-state index contributed by atoms with van der Waals surface area (Å²) < 4.78 is 32.5. The van der Waals surface area contributed by atoms with Gasteiger partial charge in [0.2, 0.25) is 15.9 Å². The molecule has 1 fully saturated rings. The van der Waals surface area contributed by atoms with Crippen molar-refractivity contribution in [2.45, 2.75) is 30.8 Å². The summed E-state index contributed by atoms with van der Waals surface area (Å²) in [6.07, 6.45) is 0.840. The molecule has 1 heterocycles. The second kappa shape index (κ2) is 8.65. The van der Waals surface area contributed by atoms with E-state index in [0.29, 0.717) is 38.2 Å². The Morgan fingerprint density at radius 1 is 1.19 bits per heavy atom. The summed E-state index contributed by atoms with van der Waals surface area (Å²) in [5.41, 5.74) is 1.57. The number of amides is 1. The quantitative estimate of drug-likeness (QED) is 0.826. The smallest absolute Gasteiger partial charge is 0.243 e. The van der Waals surface area contributed by atoms with Gasteiger partial charge in [-0.1, -0.05) is 36.4 Å². The Morgan fingerprint density at radius 2 is 1.96 bits per heavy atom. The minimum Gasteiger partial charge on any atom is -0.376 e. The molecule has 1 amide bonds. The molecule has 1 N–H and O–H groups in total. The average molecular weight is 388 g/mol. The van der Waals surface area contributed by atoms with E-state index in [1.807, 2.05) is 37.3 Å². The Morgan fingerprint density at radius 3 is 2.70 bits per heavy atom. The van der Waals surface area contributed by atoms with Crippen molar-refractivity contribution in [1.29, 1.82) is 0 Å². The van der Waals surface area contributed by atoms with E-state index in [0.717, 1.165) is 5.56 Å². The summed E-state index contributed by atoms with van der Waals surface area (Å²) in [6.45, 7) is 2.90. The van der Waals surface area contributed by atoms with E-state index in [2.05, 4.69) is 5.32 Å². The predicted molar refractivity (Wildman–Crippen MR) is 104 cm³/mol. The standard InChI is InChI=1S/C20H24N2O4S/c1-16-15-22(12-13-26-16)27(24,25)19-9-5-8-18(14-19)21-20(23)11-10-17-6-3-2-4-7-17/h2-9,14,16H,10-13,15H2,1H3,(H,21,23). The van der Waals surface area contributed by atoms with Crippen molar-refractivity contribution in [1.82, 2.24) is 4.31 Å². The molecule has 1 atom stereocenters. The SMILES string of the molecule is CC1CN(S(=O)(=O)c2cccc(NC(=O)CCc3ccccc3)c2)CCO1. The Labute approximate surface area is 160 Å². The van der Waals surface area contributed by atoms with Gasteiger partial charge in [0.25, 0.3) is 0 Å². The monoisotopic (exact) mass is 388 g/mol. The first-order valence-electron chi connectivity index (χ1n) is 9.01. The van der Waals surface area contributed by atoms with Crippen LogP contribution in [-0.4, -0.2) is 44.4 Å². The number of benzene rings is 2. The summed E-state index contributed by atoms with van der Waals surface area (Å²) in [5, 5.41) is 2.79. The number of anilines is 1. The number of hydrogen-bond donors (Lipinski definition) is 1. The van der Waals surface area contributed by atoms with Gasteiger partial charge in [-0.3, -0.25) is 4.79 Å². The summed E-state index contributed by atoms with van der Waals surface area (Å²) >= 11 is 0. The Balaban J connectivity index is 1.65. The van der Waals surface area contributed by atoms with Crippen LogP contribution in [0, 0.1) is 0 Å². The molecule has 0 radical (unpaired) electrons. The van der Waals surface area contributed by atoms with Crippen molar-refractivity contribution in [3.63, 3.8) is 0 Å². The largest absolute Gasteiger partial charge is 0.376 e. The van der Waals surface area contributed by atoms with Crippen LogP contribution in [0.3, 0.4) is 0 Å². The lowest BCUT2D eigenvalue weighted by Gasteiger charge is -2.30. The molecule has 7 heteroatoms. The Bertz CT molecular complexity index is 884. The molecule has 1 aliphatic rings. The van der Waals surface area contributed by atoms with Crippen LogP contribution in [0.25, 0.3) is 0 Å². The maximum Gasteiger partial charge on any atom is 0.243 e. The van der Waals surface area contributed by atoms with Gasteiger partial charge in [-0.2, -0.15) is 4.31 Å². The number of rotatable bonds is 6. The molecule has 0 saturated carbocycles. The van der Waals surface area contributed by atoms with Crippen LogP contribution in [-0.2, 0) is 26.0 Å². The van der Waals surface area contributed by atoms with Crippen molar-refractivity contribution < 1.29 is 17.9 Å². The normalized spacial score (nSPS) is 18.2. The van der Waals surface area contributed by atoms with E-state index in [1.165, 1.54) is 10.4 Å². The van der Waals surface area contributed by atoms with Crippen LogP contribution < -0.4 is 5.32 Å². The first kappa shape index (κ1) is 19.5. The molecule has 0 aromatic heterocycles. The second-order valence-corrected chi connectivity index (χ2v) is 8.54. The molecule has 2 aromatic carbocycles. The zero-order valence-corrected chi connectivity index (χ0v) is 16.1. The number of nitrogens with zero attached hydrogens (tertiary/aromatic N) is 1. The van der Waals surface area contributed by atoms with Crippen LogP contribution in [0.4, 0.5) is 5.69 Å². The Kier molecular flexibility index (Phi) is 6.26. The van der Waals surface area contributed by atoms with Gasteiger partial charge in [0.05, 0.1) is 17.6 Å². The number of hydrogen-bond acceptors (Lipinski definition) is 4. The third-order valence-corrected chi connectivity index (χ3v) is 6.30. The van der Waals surface area contributed by atoms with E-state index in [4.69, 9.17) is 4.74 Å². The summed E-state index contributed by atoms with van der Waals surface area (Å²) in [5.74, 6) is -0.145. The number of sulfonamides is 1. The zero-order valence-electron chi connectivity index (χ0n) is 15.3. The fourth-order valence-electron chi connectivity index (χ4n) is 3.01. The Hall–Kier alpha value is -2.22. The zero-order chi connectivity index (χ0) is 19.3. The molecule has 6 nitrogen and oxygen atoms in total. The molecule has 0 bridgehead atoms. The number of nitrogens with one attached hydrogen (secondary N) is 1. The number of carbonyl (C=O) groups excluding carboxylic acids is 1. The fraction of sp³-hybridized carbons (Fsp3) is 0.350. The molecule has 0 spiro atoms. The van der Waals surface area contributed by atoms with Gasteiger partial charge < -0.3 is 10.1 Å². The topological polar surface area (TPSA) is 75.7 Å². The molecule has 1 aliphatic heterocycles. The lowest BCUT2D eigenvalue weighted by atomic mass is 10.1. The van der Waals surface area contributed by atoms with Gasteiger partial charge in [0, 0.05) is 25.2 Å². The molecule has 144 valence electrons. The number of aryl methyl sites for hydroxylation is 1.